The van der Waals surface area contributed by atoms with Crippen molar-refractivity contribution in [2.45, 2.75) is 4.90 Å². The predicted molar refractivity (Wildman–Crippen MR) is 71.5 cm³/mol. The van der Waals surface area contributed by atoms with Crippen LogP contribution in [0.3, 0.4) is 0 Å². The molecule has 0 heterocycles. The second kappa shape index (κ2) is 7.42. The molecule has 6 heteroatoms. The molecule has 0 atom stereocenters. The minimum Gasteiger partial charge on any atom is -0.398 e. The molecule has 0 aromatic heterocycles. The topological polar surface area (TPSA) is 64.3 Å². The molecule has 0 bridgehead atoms. The van der Waals surface area contributed by atoms with Gasteiger partial charge in [0.2, 0.25) is 5.91 Å². The van der Waals surface area contributed by atoms with Gasteiger partial charge in [-0.1, -0.05) is 11.6 Å². The Morgan fingerprint density at radius 1 is 1.59 bits per heavy atom. The fourth-order valence-corrected chi connectivity index (χ4v) is 2.10. The first-order chi connectivity index (χ1) is 8.13. The third kappa shape index (κ3) is 5.30. The molecule has 17 heavy (non-hydrogen) atoms. The van der Waals surface area contributed by atoms with Gasteiger partial charge in [0.05, 0.1) is 23.1 Å². The summed E-state index contributed by atoms with van der Waals surface area (Å²) in [5.74, 6) is 0.323. The van der Waals surface area contributed by atoms with Gasteiger partial charge in [0.1, 0.15) is 0 Å². The van der Waals surface area contributed by atoms with E-state index in [-0.39, 0.29) is 5.91 Å². The van der Waals surface area contributed by atoms with Crippen molar-refractivity contribution in [2.75, 3.05) is 31.7 Å². The normalized spacial score (nSPS) is 10.2. The lowest BCUT2D eigenvalue weighted by Gasteiger charge is -2.05. The zero-order valence-corrected chi connectivity index (χ0v) is 11.1. The van der Waals surface area contributed by atoms with Crippen LogP contribution in [-0.4, -0.2) is 31.9 Å². The summed E-state index contributed by atoms with van der Waals surface area (Å²) in [7, 11) is 1.59. The van der Waals surface area contributed by atoms with Crippen LogP contribution in [0.5, 0.6) is 0 Å². The van der Waals surface area contributed by atoms with Gasteiger partial charge in [-0.2, -0.15) is 0 Å². The Kier molecular flexibility index (Phi) is 6.18. The van der Waals surface area contributed by atoms with Gasteiger partial charge in [0, 0.05) is 18.6 Å². The highest BCUT2D eigenvalue weighted by Gasteiger charge is 2.03. The molecule has 0 radical (unpaired) electrons. The molecule has 1 aromatic rings. The molecule has 3 N–H and O–H groups in total. The third-order valence-corrected chi connectivity index (χ3v) is 3.29. The molecule has 0 saturated heterocycles. The fourth-order valence-electron chi connectivity index (χ4n) is 1.09. The van der Waals surface area contributed by atoms with Crippen LogP contribution in [0.15, 0.2) is 23.1 Å². The first-order valence-corrected chi connectivity index (χ1v) is 6.43. The number of hydrogen-bond acceptors (Lipinski definition) is 4. The van der Waals surface area contributed by atoms with Gasteiger partial charge in [0.15, 0.2) is 0 Å². The molecule has 0 spiro atoms. The number of hydrogen-bond donors (Lipinski definition) is 2. The maximum absolute atomic E-state index is 11.4. The third-order valence-electron chi connectivity index (χ3n) is 1.97. The summed E-state index contributed by atoms with van der Waals surface area (Å²) in [5.41, 5.74) is 6.13. The molecule has 0 fully saturated rings. The highest BCUT2D eigenvalue weighted by Crippen LogP contribution is 2.25. The molecule has 0 aliphatic heterocycles. The smallest absolute Gasteiger partial charge is 0.230 e. The van der Waals surface area contributed by atoms with Gasteiger partial charge >= 0.3 is 0 Å². The Morgan fingerprint density at radius 2 is 2.35 bits per heavy atom. The molecule has 1 rings (SSSR count). The average Bonchev–Trinajstić information content (AvgIpc) is 2.31. The summed E-state index contributed by atoms with van der Waals surface area (Å²) in [6.45, 7) is 1.04. The molecule has 1 aromatic carbocycles. The van der Waals surface area contributed by atoms with Crippen LogP contribution in [0.2, 0.25) is 5.02 Å². The van der Waals surface area contributed by atoms with Gasteiger partial charge in [-0.15, -0.1) is 11.8 Å². The number of carbonyl (C=O) groups excluding carboxylic acids is 1. The summed E-state index contributed by atoms with van der Waals surface area (Å²) in [5, 5.41) is 3.25. The lowest BCUT2D eigenvalue weighted by Crippen LogP contribution is -2.28. The van der Waals surface area contributed by atoms with Gasteiger partial charge < -0.3 is 15.8 Å². The summed E-state index contributed by atoms with van der Waals surface area (Å²) in [4.78, 5) is 12.3. The van der Waals surface area contributed by atoms with Crippen molar-refractivity contribution in [1.29, 1.82) is 0 Å². The number of carbonyl (C=O) groups is 1. The number of thioether (sulfide) groups is 1. The first-order valence-electron chi connectivity index (χ1n) is 5.07. The fraction of sp³-hybridized carbons (Fsp3) is 0.364. The van der Waals surface area contributed by atoms with E-state index in [9.17, 15) is 4.79 Å². The lowest BCUT2D eigenvalue weighted by molar-refractivity contribution is -0.118. The van der Waals surface area contributed by atoms with E-state index >= 15 is 0 Å². The van der Waals surface area contributed by atoms with Crippen molar-refractivity contribution in [3.63, 3.8) is 0 Å². The minimum absolute atomic E-state index is 0.0278. The van der Waals surface area contributed by atoms with E-state index in [1.165, 1.54) is 11.8 Å². The Labute approximate surface area is 110 Å². The highest BCUT2D eigenvalue weighted by atomic mass is 35.5. The highest BCUT2D eigenvalue weighted by molar-refractivity contribution is 8.00. The lowest BCUT2D eigenvalue weighted by atomic mass is 10.3. The average molecular weight is 275 g/mol. The second-order valence-electron chi connectivity index (χ2n) is 3.31. The van der Waals surface area contributed by atoms with Crippen molar-refractivity contribution < 1.29 is 9.53 Å². The van der Waals surface area contributed by atoms with Crippen LogP contribution >= 0.6 is 23.4 Å². The van der Waals surface area contributed by atoms with E-state index in [0.717, 1.165) is 4.90 Å². The molecule has 0 unspecified atom stereocenters. The molecule has 4 nitrogen and oxygen atoms in total. The van der Waals surface area contributed by atoms with Crippen LogP contribution in [0.1, 0.15) is 0 Å². The number of amides is 1. The van der Waals surface area contributed by atoms with E-state index in [4.69, 9.17) is 22.1 Å². The number of nitrogens with one attached hydrogen (secondary N) is 1. The van der Waals surface area contributed by atoms with Gasteiger partial charge in [0.25, 0.3) is 0 Å². The Morgan fingerprint density at radius 3 is 3.00 bits per heavy atom. The van der Waals surface area contributed by atoms with Crippen LogP contribution < -0.4 is 11.1 Å². The molecular formula is C11H15ClN2O2S. The van der Waals surface area contributed by atoms with E-state index in [2.05, 4.69) is 5.32 Å². The molecule has 0 aliphatic rings. The molecule has 1 amide bonds. The SMILES string of the molecule is COCCNC(=O)CSc1ccc(N)c(Cl)c1. The van der Waals surface area contributed by atoms with Crippen molar-refractivity contribution in [2.24, 2.45) is 0 Å². The number of rotatable bonds is 6. The Bertz CT molecular complexity index is 388. The van der Waals surface area contributed by atoms with E-state index < -0.39 is 0 Å². The molecule has 0 saturated carbocycles. The molecule has 94 valence electrons. The molecule has 0 aliphatic carbocycles. The van der Waals surface area contributed by atoms with Crippen LogP contribution in [0.4, 0.5) is 5.69 Å². The molecular weight excluding hydrogens is 260 g/mol. The number of nitrogen functional groups attached to an aromatic ring is 1. The monoisotopic (exact) mass is 274 g/mol. The summed E-state index contributed by atoms with van der Waals surface area (Å²) in [6, 6.07) is 5.33. The largest absolute Gasteiger partial charge is 0.398 e. The van der Waals surface area contributed by atoms with Gasteiger partial charge in [-0.25, -0.2) is 0 Å². The van der Waals surface area contributed by atoms with Gasteiger partial charge in [-0.05, 0) is 18.2 Å². The summed E-state index contributed by atoms with van der Waals surface area (Å²) in [6.07, 6.45) is 0. The minimum atomic E-state index is -0.0278. The standard InChI is InChI=1S/C11H15ClN2O2S/c1-16-5-4-14-11(15)7-17-8-2-3-10(13)9(12)6-8/h2-3,6H,4-5,7,13H2,1H3,(H,14,15). The number of ether oxygens (including phenoxy) is 1. The zero-order valence-electron chi connectivity index (χ0n) is 9.53. The van der Waals surface area contributed by atoms with Gasteiger partial charge in [-0.3, -0.25) is 4.79 Å². The zero-order chi connectivity index (χ0) is 12.7. The van der Waals surface area contributed by atoms with Crippen molar-refractivity contribution >= 4 is 35.0 Å². The Hall–Kier alpha value is -0.910. The van der Waals surface area contributed by atoms with E-state index in [0.29, 0.717) is 29.6 Å². The van der Waals surface area contributed by atoms with Crippen LogP contribution in [0.25, 0.3) is 0 Å². The van der Waals surface area contributed by atoms with Crippen molar-refractivity contribution in [3.8, 4) is 0 Å². The number of nitrogens with two attached hydrogens (primary N) is 1. The van der Waals surface area contributed by atoms with Crippen molar-refractivity contribution in [1.82, 2.24) is 5.32 Å². The van der Waals surface area contributed by atoms with E-state index in [1.54, 1.807) is 19.2 Å². The van der Waals surface area contributed by atoms with Crippen molar-refractivity contribution in [3.05, 3.63) is 23.2 Å². The number of anilines is 1. The Balaban J connectivity index is 2.34. The number of halogens is 1. The number of methoxy groups -OCH3 is 1. The number of benzene rings is 1. The maximum Gasteiger partial charge on any atom is 0.230 e. The van der Waals surface area contributed by atoms with E-state index in [1.807, 2.05) is 6.07 Å². The van der Waals surface area contributed by atoms with Crippen LogP contribution in [-0.2, 0) is 9.53 Å². The first kappa shape index (κ1) is 14.2. The van der Waals surface area contributed by atoms with Crippen LogP contribution in [0, 0.1) is 0 Å². The summed E-state index contributed by atoms with van der Waals surface area (Å²) >= 11 is 7.29. The quantitative estimate of drug-likeness (QED) is 0.471. The second-order valence-corrected chi connectivity index (χ2v) is 4.77. The maximum atomic E-state index is 11.4. The predicted octanol–water partition coefficient (Wildman–Crippen LogP) is 1.78. The summed E-state index contributed by atoms with van der Waals surface area (Å²) < 4.78 is 4.83.